The van der Waals surface area contributed by atoms with Crippen LogP contribution in [0.15, 0.2) is 36.7 Å². The number of ether oxygens (including phenoxy) is 1. The lowest BCUT2D eigenvalue weighted by Gasteiger charge is -2.11. The first-order chi connectivity index (χ1) is 11.9. The highest BCUT2D eigenvalue weighted by Crippen LogP contribution is 2.24. The lowest BCUT2D eigenvalue weighted by atomic mass is 10.1. The number of hydrogen-bond acceptors (Lipinski definition) is 5. The number of carbonyl (C=O) groups is 2. The molecule has 1 amide bonds. The molecule has 0 bridgehead atoms. The molecule has 1 atom stereocenters. The van der Waals surface area contributed by atoms with Gasteiger partial charge < -0.3 is 15.8 Å². The fourth-order valence-corrected chi connectivity index (χ4v) is 2.67. The molecule has 6 nitrogen and oxygen atoms in total. The Morgan fingerprint density at radius 3 is 2.31 bits per heavy atom. The van der Waals surface area contributed by atoms with Crippen LogP contribution in [0.3, 0.4) is 0 Å². The van der Waals surface area contributed by atoms with Gasteiger partial charge in [0, 0.05) is 18.1 Å². The van der Waals surface area contributed by atoms with Crippen molar-refractivity contribution < 1.29 is 14.3 Å². The highest BCUT2D eigenvalue weighted by Gasteiger charge is 2.17. The summed E-state index contributed by atoms with van der Waals surface area (Å²) in [5, 5.41) is 3.04. The summed E-state index contributed by atoms with van der Waals surface area (Å²) in [6.45, 7) is 2.01. The van der Waals surface area contributed by atoms with Crippen LogP contribution >= 0.6 is 35.6 Å². The smallest absolute Gasteiger partial charge is 0.323 e. The molecule has 1 aromatic heterocycles. The van der Waals surface area contributed by atoms with Crippen molar-refractivity contribution in [2.75, 3.05) is 11.9 Å². The number of hydrogen-bond donors (Lipinski definition) is 2. The minimum atomic E-state index is -0.727. The molecule has 140 valence electrons. The van der Waals surface area contributed by atoms with Gasteiger partial charge in [0.05, 0.1) is 22.2 Å². The molecule has 1 aromatic carbocycles. The largest absolute Gasteiger partial charge is 0.465 e. The second-order valence-corrected chi connectivity index (χ2v) is 6.01. The zero-order valence-electron chi connectivity index (χ0n) is 13.9. The van der Waals surface area contributed by atoms with Crippen LogP contribution in [0.25, 0.3) is 0 Å². The SMILES string of the molecule is CCOC(=O)[C@@H](N)Cc1ccc(NC(=O)c2c(Cl)cncc2Cl)cc1.Cl. The molecule has 2 aromatic rings. The van der Waals surface area contributed by atoms with Gasteiger partial charge in [-0.3, -0.25) is 14.6 Å². The van der Waals surface area contributed by atoms with Gasteiger partial charge >= 0.3 is 5.97 Å². The maximum Gasteiger partial charge on any atom is 0.323 e. The molecule has 0 aliphatic rings. The Kier molecular flexibility index (Phi) is 8.81. The fraction of sp³-hybridized carbons (Fsp3) is 0.235. The Labute approximate surface area is 167 Å². The predicted molar refractivity (Wildman–Crippen MR) is 104 cm³/mol. The topological polar surface area (TPSA) is 94.3 Å². The van der Waals surface area contributed by atoms with E-state index in [-0.39, 0.29) is 34.6 Å². The number of nitrogens with one attached hydrogen (secondary N) is 1. The van der Waals surface area contributed by atoms with Gasteiger partial charge in [-0.15, -0.1) is 12.4 Å². The summed E-state index contributed by atoms with van der Waals surface area (Å²) in [6.07, 6.45) is 3.04. The van der Waals surface area contributed by atoms with Crippen LogP contribution in [-0.4, -0.2) is 29.5 Å². The van der Waals surface area contributed by atoms with Gasteiger partial charge in [0.15, 0.2) is 0 Å². The molecule has 0 radical (unpaired) electrons. The molecule has 9 heteroatoms. The minimum Gasteiger partial charge on any atom is -0.465 e. The van der Waals surface area contributed by atoms with E-state index in [2.05, 4.69) is 10.3 Å². The summed E-state index contributed by atoms with van der Waals surface area (Å²) in [5.74, 6) is -0.879. The average Bonchev–Trinajstić information content (AvgIpc) is 2.56. The van der Waals surface area contributed by atoms with Crippen LogP contribution < -0.4 is 11.1 Å². The zero-order valence-corrected chi connectivity index (χ0v) is 16.2. The molecule has 0 aliphatic carbocycles. The Morgan fingerprint density at radius 2 is 1.77 bits per heavy atom. The van der Waals surface area contributed by atoms with Crippen molar-refractivity contribution >= 4 is 53.2 Å². The van der Waals surface area contributed by atoms with Crippen molar-refractivity contribution in [1.29, 1.82) is 0 Å². The minimum absolute atomic E-state index is 0. The van der Waals surface area contributed by atoms with Gasteiger partial charge in [0.25, 0.3) is 5.91 Å². The predicted octanol–water partition coefficient (Wildman–Crippen LogP) is 3.50. The number of anilines is 1. The normalized spacial score (nSPS) is 11.2. The number of benzene rings is 1. The van der Waals surface area contributed by atoms with Gasteiger partial charge in [-0.2, -0.15) is 0 Å². The Morgan fingerprint density at radius 1 is 1.19 bits per heavy atom. The van der Waals surface area contributed by atoms with Crippen LogP contribution in [-0.2, 0) is 16.0 Å². The van der Waals surface area contributed by atoms with Crippen molar-refractivity contribution in [2.24, 2.45) is 5.73 Å². The van der Waals surface area contributed by atoms with Crippen LogP contribution in [0.4, 0.5) is 5.69 Å². The number of nitrogens with zero attached hydrogens (tertiary/aromatic N) is 1. The fourth-order valence-electron chi connectivity index (χ4n) is 2.13. The Hall–Kier alpha value is -1.86. The third kappa shape index (κ3) is 5.85. The molecular formula is C17H18Cl3N3O3. The maximum atomic E-state index is 12.3. The molecule has 0 fully saturated rings. The molecule has 26 heavy (non-hydrogen) atoms. The molecular weight excluding hydrogens is 401 g/mol. The van der Waals surface area contributed by atoms with E-state index in [1.165, 1.54) is 12.4 Å². The first-order valence-electron chi connectivity index (χ1n) is 7.54. The first kappa shape index (κ1) is 22.2. The van der Waals surface area contributed by atoms with E-state index in [1.807, 2.05) is 0 Å². The lowest BCUT2D eigenvalue weighted by Crippen LogP contribution is -2.34. The van der Waals surface area contributed by atoms with Crippen LogP contribution in [0.2, 0.25) is 10.0 Å². The summed E-state index contributed by atoms with van der Waals surface area (Å²) in [7, 11) is 0. The number of pyridine rings is 1. The molecule has 2 rings (SSSR count). The first-order valence-corrected chi connectivity index (χ1v) is 8.29. The second-order valence-electron chi connectivity index (χ2n) is 5.19. The molecule has 0 aliphatic heterocycles. The van der Waals surface area contributed by atoms with Crippen molar-refractivity contribution in [3.8, 4) is 0 Å². The molecule has 3 N–H and O–H groups in total. The highest BCUT2D eigenvalue weighted by atomic mass is 35.5. The highest BCUT2D eigenvalue weighted by molar-refractivity contribution is 6.40. The number of carbonyl (C=O) groups excluding carboxylic acids is 2. The quantitative estimate of drug-likeness (QED) is 0.700. The molecule has 0 saturated carbocycles. The van der Waals surface area contributed by atoms with E-state index in [0.29, 0.717) is 12.1 Å². The van der Waals surface area contributed by atoms with E-state index >= 15 is 0 Å². The number of esters is 1. The molecule has 0 saturated heterocycles. The number of amides is 1. The van der Waals surface area contributed by atoms with Gasteiger partial charge in [-0.1, -0.05) is 35.3 Å². The van der Waals surface area contributed by atoms with Gasteiger partial charge in [-0.05, 0) is 31.0 Å². The van der Waals surface area contributed by atoms with Crippen LogP contribution in [0.1, 0.15) is 22.8 Å². The Bertz CT molecular complexity index is 749. The van der Waals surface area contributed by atoms with E-state index in [4.69, 9.17) is 33.7 Å². The van der Waals surface area contributed by atoms with Crippen molar-refractivity contribution in [2.45, 2.75) is 19.4 Å². The van der Waals surface area contributed by atoms with Crippen molar-refractivity contribution in [3.63, 3.8) is 0 Å². The van der Waals surface area contributed by atoms with E-state index in [9.17, 15) is 9.59 Å². The molecule has 1 heterocycles. The summed E-state index contributed by atoms with van der Waals surface area (Å²) in [4.78, 5) is 27.6. The van der Waals surface area contributed by atoms with E-state index in [0.717, 1.165) is 5.56 Å². The lowest BCUT2D eigenvalue weighted by molar-refractivity contribution is -0.144. The standard InChI is InChI=1S/C17H17Cl2N3O3.ClH/c1-2-25-17(24)14(20)7-10-3-5-11(6-4-10)22-16(23)15-12(18)8-21-9-13(15)19;/h3-6,8-9,14H,2,7,20H2,1H3,(H,22,23);1H/t14-;/m0./s1. The van der Waals surface area contributed by atoms with Crippen molar-refractivity contribution in [1.82, 2.24) is 4.98 Å². The molecule has 0 spiro atoms. The maximum absolute atomic E-state index is 12.3. The number of aromatic nitrogens is 1. The van der Waals surface area contributed by atoms with E-state index < -0.39 is 17.9 Å². The summed E-state index contributed by atoms with van der Waals surface area (Å²) < 4.78 is 4.87. The Balaban J connectivity index is 0.00000338. The monoisotopic (exact) mass is 417 g/mol. The van der Waals surface area contributed by atoms with Gasteiger partial charge in [0.2, 0.25) is 0 Å². The second kappa shape index (κ2) is 10.3. The van der Waals surface area contributed by atoms with Crippen molar-refractivity contribution in [3.05, 3.63) is 57.8 Å². The van der Waals surface area contributed by atoms with E-state index in [1.54, 1.807) is 31.2 Å². The zero-order chi connectivity index (χ0) is 18.4. The molecule has 0 unspecified atom stereocenters. The summed E-state index contributed by atoms with van der Waals surface area (Å²) in [6, 6.07) is 6.21. The van der Waals surface area contributed by atoms with Crippen LogP contribution in [0, 0.1) is 0 Å². The number of nitrogens with two attached hydrogens (primary N) is 1. The third-order valence-electron chi connectivity index (χ3n) is 3.34. The number of halogens is 3. The van der Waals surface area contributed by atoms with Gasteiger partial charge in [0.1, 0.15) is 6.04 Å². The third-order valence-corrected chi connectivity index (χ3v) is 3.91. The average molecular weight is 419 g/mol. The van der Waals surface area contributed by atoms with Gasteiger partial charge in [-0.25, -0.2) is 0 Å². The van der Waals surface area contributed by atoms with Crippen LogP contribution in [0.5, 0.6) is 0 Å². The summed E-state index contributed by atoms with van der Waals surface area (Å²) in [5.41, 5.74) is 7.35. The number of rotatable bonds is 6. The summed E-state index contributed by atoms with van der Waals surface area (Å²) >= 11 is 11.9.